The van der Waals surface area contributed by atoms with E-state index in [-0.39, 0.29) is 0 Å². The smallest absolute Gasteiger partial charge is 0.187 e. The summed E-state index contributed by atoms with van der Waals surface area (Å²) in [7, 11) is 1.63. The number of hydrogen-bond donors (Lipinski definition) is 2. The highest BCUT2D eigenvalue weighted by Gasteiger charge is 2.05. The summed E-state index contributed by atoms with van der Waals surface area (Å²) in [6, 6.07) is 5.21. The fourth-order valence-electron chi connectivity index (χ4n) is 1.28. The highest BCUT2D eigenvalue weighted by atomic mass is 35.5. The second-order valence-electron chi connectivity index (χ2n) is 3.68. The summed E-state index contributed by atoms with van der Waals surface area (Å²) >= 11 is 17.0. The topological polar surface area (TPSA) is 45.6 Å². The molecule has 19 heavy (non-hydrogen) atoms. The maximum atomic E-state index is 6.08. The van der Waals surface area contributed by atoms with Crippen molar-refractivity contribution in [2.45, 2.75) is 6.92 Å². The SMILES string of the molecule is COCCNC(=S)N/N=C(\C)c1cc(Cl)ccc1Cl. The Kier molecular flexibility index (Phi) is 7.09. The Morgan fingerprint density at radius 2 is 2.16 bits per heavy atom. The van der Waals surface area contributed by atoms with Crippen LogP contribution in [0.2, 0.25) is 10.0 Å². The van der Waals surface area contributed by atoms with Crippen LogP contribution in [-0.4, -0.2) is 31.1 Å². The Morgan fingerprint density at radius 1 is 1.42 bits per heavy atom. The van der Waals surface area contributed by atoms with Gasteiger partial charge in [-0.15, -0.1) is 0 Å². The lowest BCUT2D eigenvalue weighted by molar-refractivity contribution is 0.204. The normalized spacial score (nSPS) is 11.3. The van der Waals surface area contributed by atoms with Gasteiger partial charge in [0.15, 0.2) is 5.11 Å². The lowest BCUT2D eigenvalue weighted by Crippen LogP contribution is -2.34. The molecular weight excluding hydrogens is 305 g/mol. The van der Waals surface area contributed by atoms with E-state index in [0.717, 1.165) is 5.56 Å². The van der Waals surface area contributed by atoms with E-state index in [4.69, 9.17) is 40.2 Å². The van der Waals surface area contributed by atoms with Crippen LogP contribution in [0, 0.1) is 0 Å². The first-order valence-electron chi connectivity index (χ1n) is 5.57. The molecule has 0 atom stereocenters. The van der Waals surface area contributed by atoms with Gasteiger partial charge in [0.1, 0.15) is 0 Å². The van der Waals surface area contributed by atoms with Gasteiger partial charge in [-0.2, -0.15) is 5.10 Å². The molecule has 0 spiro atoms. The van der Waals surface area contributed by atoms with Gasteiger partial charge in [0.25, 0.3) is 0 Å². The van der Waals surface area contributed by atoms with Crippen LogP contribution in [0.15, 0.2) is 23.3 Å². The van der Waals surface area contributed by atoms with Crippen LogP contribution in [0.5, 0.6) is 0 Å². The largest absolute Gasteiger partial charge is 0.383 e. The zero-order chi connectivity index (χ0) is 14.3. The highest BCUT2D eigenvalue weighted by molar-refractivity contribution is 7.80. The Morgan fingerprint density at radius 3 is 2.84 bits per heavy atom. The molecule has 0 radical (unpaired) electrons. The molecule has 1 aromatic carbocycles. The summed E-state index contributed by atoms with van der Waals surface area (Å²) in [5, 5.41) is 8.72. The van der Waals surface area contributed by atoms with Gasteiger partial charge in [-0.05, 0) is 37.3 Å². The van der Waals surface area contributed by atoms with Gasteiger partial charge >= 0.3 is 0 Å². The number of ether oxygens (including phenoxy) is 1. The van der Waals surface area contributed by atoms with Gasteiger partial charge in [0.2, 0.25) is 0 Å². The van der Waals surface area contributed by atoms with Crippen LogP contribution in [0.3, 0.4) is 0 Å². The predicted molar refractivity (Wildman–Crippen MR) is 84.3 cm³/mol. The monoisotopic (exact) mass is 319 g/mol. The van der Waals surface area contributed by atoms with Gasteiger partial charge in [-0.25, -0.2) is 0 Å². The molecule has 0 aliphatic heterocycles. The lowest BCUT2D eigenvalue weighted by atomic mass is 10.1. The van der Waals surface area contributed by atoms with Crippen LogP contribution in [0.4, 0.5) is 0 Å². The van der Waals surface area contributed by atoms with Gasteiger partial charge in [0.05, 0.1) is 12.3 Å². The van der Waals surface area contributed by atoms with E-state index in [1.165, 1.54) is 0 Å². The molecule has 0 aliphatic carbocycles. The van der Waals surface area contributed by atoms with E-state index < -0.39 is 0 Å². The number of nitrogens with zero attached hydrogens (tertiary/aromatic N) is 1. The number of thiocarbonyl (C=S) groups is 1. The molecule has 2 N–H and O–H groups in total. The second kappa shape index (κ2) is 8.32. The third kappa shape index (κ3) is 5.74. The van der Waals surface area contributed by atoms with E-state index in [1.54, 1.807) is 25.3 Å². The Bertz CT molecular complexity index is 480. The van der Waals surface area contributed by atoms with Crippen LogP contribution in [0.1, 0.15) is 12.5 Å². The molecule has 0 fully saturated rings. The molecule has 104 valence electrons. The third-order valence-electron chi connectivity index (χ3n) is 2.24. The summed E-state index contributed by atoms with van der Waals surface area (Å²) < 4.78 is 4.90. The van der Waals surface area contributed by atoms with Gasteiger partial charge < -0.3 is 10.1 Å². The van der Waals surface area contributed by atoms with Crippen molar-refractivity contribution in [2.24, 2.45) is 5.10 Å². The molecule has 0 unspecified atom stereocenters. The Hall–Kier alpha value is -0.880. The van der Waals surface area contributed by atoms with Crippen LogP contribution in [-0.2, 0) is 4.74 Å². The van der Waals surface area contributed by atoms with E-state index in [2.05, 4.69) is 15.8 Å². The van der Waals surface area contributed by atoms with Crippen molar-refractivity contribution in [3.05, 3.63) is 33.8 Å². The fraction of sp³-hybridized carbons (Fsp3) is 0.333. The first-order chi connectivity index (χ1) is 9.04. The van der Waals surface area contributed by atoms with Gasteiger partial charge in [-0.1, -0.05) is 23.2 Å². The van der Waals surface area contributed by atoms with E-state index in [0.29, 0.717) is 34.0 Å². The fourth-order valence-corrected chi connectivity index (χ4v) is 1.85. The first kappa shape index (κ1) is 16.2. The highest BCUT2D eigenvalue weighted by Crippen LogP contribution is 2.21. The maximum Gasteiger partial charge on any atom is 0.187 e. The van der Waals surface area contributed by atoms with Crippen molar-refractivity contribution in [1.82, 2.24) is 10.7 Å². The molecule has 0 saturated heterocycles. The Labute approximate surface area is 128 Å². The molecule has 4 nitrogen and oxygen atoms in total. The minimum absolute atomic E-state index is 0.426. The summed E-state index contributed by atoms with van der Waals surface area (Å²) in [5.74, 6) is 0. The summed E-state index contributed by atoms with van der Waals surface area (Å²) in [6.07, 6.45) is 0. The van der Waals surface area contributed by atoms with Crippen molar-refractivity contribution in [3.63, 3.8) is 0 Å². The molecule has 0 aromatic heterocycles. The summed E-state index contributed by atoms with van der Waals surface area (Å²) in [6.45, 7) is 3.02. The number of halogens is 2. The van der Waals surface area contributed by atoms with Crippen molar-refractivity contribution in [2.75, 3.05) is 20.3 Å². The number of hydrogen-bond acceptors (Lipinski definition) is 3. The molecule has 0 amide bonds. The minimum atomic E-state index is 0.426. The summed E-state index contributed by atoms with van der Waals surface area (Å²) in [5.41, 5.74) is 4.20. The molecule has 0 bridgehead atoms. The van der Waals surface area contributed by atoms with Crippen molar-refractivity contribution >= 4 is 46.2 Å². The number of hydrazone groups is 1. The van der Waals surface area contributed by atoms with E-state index in [9.17, 15) is 0 Å². The van der Waals surface area contributed by atoms with Crippen LogP contribution in [0.25, 0.3) is 0 Å². The Balaban J connectivity index is 2.61. The summed E-state index contributed by atoms with van der Waals surface area (Å²) in [4.78, 5) is 0. The first-order valence-corrected chi connectivity index (χ1v) is 6.73. The zero-order valence-electron chi connectivity index (χ0n) is 10.7. The molecular formula is C12H15Cl2N3OS. The van der Waals surface area contributed by atoms with E-state index in [1.807, 2.05) is 6.92 Å². The third-order valence-corrected chi connectivity index (χ3v) is 3.04. The zero-order valence-corrected chi connectivity index (χ0v) is 13.0. The lowest BCUT2D eigenvalue weighted by Gasteiger charge is -2.08. The van der Waals surface area contributed by atoms with E-state index >= 15 is 0 Å². The second-order valence-corrected chi connectivity index (χ2v) is 4.93. The van der Waals surface area contributed by atoms with Crippen molar-refractivity contribution in [3.8, 4) is 0 Å². The number of methoxy groups -OCH3 is 1. The molecule has 0 aliphatic rings. The standard InChI is InChI=1S/C12H15Cl2N3OS/c1-8(10-7-9(13)3-4-11(10)14)16-17-12(19)15-5-6-18-2/h3-4,7H,5-6H2,1-2H3,(H2,15,17,19)/b16-8+. The molecule has 1 rings (SSSR count). The quantitative estimate of drug-likeness (QED) is 0.379. The molecule has 0 saturated carbocycles. The van der Waals surface area contributed by atoms with Gasteiger partial charge in [-0.3, -0.25) is 5.43 Å². The average Bonchev–Trinajstić information content (AvgIpc) is 2.39. The number of benzene rings is 1. The van der Waals surface area contributed by atoms with Crippen LogP contribution >= 0.6 is 35.4 Å². The molecule has 0 heterocycles. The minimum Gasteiger partial charge on any atom is -0.383 e. The predicted octanol–water partition coefficient (Wildman–Crippen LogP) is 2.83. The number of rotatable bonds is 5. The maximum absolute atomic E-state index is 6.08. The molecule has 1 aromatic rings. The van der Waals surface area contributed by atoms with Crippen molar-refractivity contribution in [1.29, 1.82) is 0 Å². The number of nitrogens with one attached hydrogen (secondary N) is 2. The van der Waals surface area contributed by atoms with Crippen LogP contribution < -0.4 is 10.7 Å². The average molecular weight is 320 g/mol. The van der Waals surface area contributed by atoms with Crippen molar-refractivity contribution < 1.29 is 4.74 Å². The van der Waals surface area contributed by atoms with Gasteiger partial charge in [0, 0.05) is 29.3 Å². The molecule has 7 heteroatoms.